The number of imide groups is 1. The van der Waals surface area contributed by atoms with Gasteiger partial charge in [-0.3, -0.25) is 14.5 Å². The summed E-state index contributed by atoms with van der Waals surface area (Å²) in [6.45, 7) is 2.23. The first-order chi connectivity index (χ1) is 17.4. The highest BCUT2D eigenvalue weighted by atomic mass is 16.5. The van der Waals surface area contributed by atoms with Gasteiger partial charge >= 0.3 is 6.03 Å². The quantitative estimate of drug-likeness (QED) is 0.508. The Labute approximate surface area is 208 Å². The second-order valence-electron chi connectivity index (χ2n) is 8.65. The van der Waals surface area contributed by atoms with Gasteiger partial charge in [-0.05, 0) is 61.0 Å². The highest BCUT2D eigenvalue weighted by molar-refractivity contribution is 6.10. The number of rotatable bonds is 6. The van der Waals surface area contributed by atoms with Crippen molar-refractivity contribution in [2.45, 2.75) is 18.9 Å². The summed E-state index contributed by atoms with van der Waals surface area (Å²) < 4.78 is 17.1. The highest BCUT2D eigenvalue weighted by Gasteiger charge is 2.49. The summed E-state index contributed by atoms with van der Waals surface area (Å²) in [4.78, 5) is 39.5. The zero-order chi connectivity index (χ0) is 25.1. The van der Waals surface area contributed by atoms with Gasteiger partial charge in [-0.2, -0.15) is 0 Å². The first-order valence-corrected chi connectivity index (χ1v) is 11.6. The van der Waals surface area contributed by atoms with Gasteiger partial charge in [0.2, 0.25) is 5.91 Å². The van der Waals surface area contributed by atoms with Crippen LogP contribution in [0.2, 0.25) is 0 Å². The predicted molar refractivity (Wildman–Crippen MR) is 131 cm³/mol. The molecule has 3 aromatic carbocycles. The van der Waals surface area contributed by atoms with Crippen LogP contribution >= 0.6 is 0 Å². The van der Waals surface area contributed by atoms with Crippen molar-refractivity contribution in [1.82, 2.24) is 10.2 Å². The Hall–Kier alpha value is -4.53. The standard InChI is InChI=1S/C27H25N3O6/c1-27(18-8-13-22-23(16-18)35-15-5-14-34-22)25(32)30(26(33)29-27)17-24(31)28-19-9-11-21(12-10-19)36-20-6-3-2-4-7-20/h2-4,6-13,16H,5,14-15,17H2,1H3,(H,28,31)(H,29,33)/t27-/m1/s1. The van der Waals surface area contributed by atoms with Gasteiger partial charge in [-0.1, -0.05) is 24.3 Å². The van der Waals surface area contributed by atoms with Gasteiger partial charge in [-0.15, -0.1) is 0 Å². The number of carbonyl (C=O) groups excluding carboxylic acids is 3. The summed E-state index contributed by atoms with van der Waals surface area (Å²) in [6, 6.07) is 20.6. The molecule has 4 amide bonds. The molecule has 2 heterocycles. The number of fused-ring (bicyclic) bond motifs is 1. The van der Waals surface area contributed by atoms with Gasteiger partial charge in [-0.25, -0.2) is 4.79 Å². The number of ether oxygens (including phenoxy) is 3. The van der Waals surface area contributed by atoms with Gasteiger partial charge in [0, 0.05) is 12.1 Å². The maximum Gasteiger partial charge on any atom is 0.325 e. The van der Waals surface area contributed by atoms with Crippen LogP contribution < -0.4 is 24.8 Å². The van der Waals surface area contributed by atoms with Crippen molar-refractivity contribution in [3.8, 4) is 23.0 Å². The molecule has 2 aliphatic rings. The molecule has 9 heteroatoms. The molecule has 0 aliphatic carbocycles. The maximum absolute atomic E-state index is 13.3. The van der Waals surface area contributed by atoms with Crippen LogP contribution in [0.15, 0.2) is 72.8 Å². The lowest BCUT2D eigenvalue weighted by atomic mass is 9.91. The molecule has 0 saturated carbocycles. The number of carbonyl (C=O) groups is 3. The van der Waals surface area contributed by atoms with Crippen molar-refractivity contribution in [3.63, 3.8) is 0 Å². The molecule has 0 spiro atoms. The normalized spacial score (nSPS) is 18.9. The first-order valence-electron chi connectivity index (χ1n) is 11.6. The van der Waals surface area contributed by atoms with Crippen molar-refractivity contribution in [1.29, 1.82) is 0 Å². The lowest BCUT2D eigenvalue weighted by molar-refractivity contribution is -0.133. The SMILES string of the molecule is C[C@]1(c2ccc3c(c2)OCCCO3)NC(=O)N(CC(=O)Nc2ccc(Oc3ccccc3)cc2)C1=O. The van der Waals surface area contributed by atoms with Crippen LogP contribution in [0.25, 0.3) is 0 Å². The summed E-state index contributed by atoms with van der Waals surface area (Å²) in [5, 5.41) is 5.42. The minimum absolute atomic E-state index is 0.424. The summed E-state index contributed by atoms with van der Waals surface area (Å²) in [6.07, 6.45) is 0.753. The topological polar surface area (TPSA) is 106 Å². The lowest BCUT2D eigenvalue weighted by Gasteiger charge is -2.23. The summed E-state index contributed by atoms with van der Waals surface area (Å²) in [5.41, 5.74) is -0.279. The van der Waals surface area contributed by atoms with E-state index in [2.05, 4.69) is 10.6 Å². The third-order valence-corrected chi connectivity index (χ3v) is 6.02. The third-order valence-electron chi connectivity index (χ3n) is 6.02. The molecule has 1 atom stereocenters. The molecule has 9 nitrogen and oxygen atoms in total. The van der Waals surface area contributed by atoms with Gasteiger partial charge in [0.05, 0.1) is 13.2 Å². The molecule has 5 rings (SSSR count). The van der Waals surface area contributed by atoms with Crippen LogP contribution in [0.4, 0.5) is 10.5 Å². The number of urea groups is 1. The molecular weight excluding hydrogens is 462 g/mol. The van der Waals surface area contributed by atoms with E-state index < -0.39 is 29.9 Å². The van der Waals surface area contributed by atoms with Crippen LogP contribution in [-0.4, -0.2) is 42.5 Å². The van der Waals surface area contributed by atoms with Crippen LogP contribution in [0.3, 0.4) is 0 Å². The zero-order valence-corrected chi connectivity index (χ0v) is 19.7. The molecule has 36 heavy (non-hydrogen) atoms. The first kappa shape index (κ1) is 23.2. The van der Waals surface area contributed by atoms with Crippen LogP contribution in [0.5, 0.6) is 23.0 Å². The van der Waals surface area contributed by atoms with Crippen molar-refractivity contribution >= 4 is 23.5 Å². The number of anilines is 1. The van der Waals surface area contributed by atoms with E-state index in [0.717, 1.165) is 11.3 Å². The molecule has 1 saturated heterocycles. The molecule has 2 N–H and O–H groups in total. The molecule has 2 aliphatic heterocycles. The largest absolute Gasteiger partial charge is 0.490 e. The second-order valence-corrected chi connectivity index (χ2v) is 8.65. The van der Waals surface area contributed by atoms with E-state index >= 15 is 0 Å². The number of nitrogens with one attached hydrogen (secondary N) is 2. The zero-order valence-electron chi connectivity index (χ0n) is 19.7. The second kappa shape index (κ2) is 9.61. The smallest absolute Gasteiger partial charge is 0.325 e. The molecule has 0 unspecified atom stereocenters. The fraction of sp³-hybridized carbons (Fsp3) is 0.222. The van der Waals surface area contributed by atoms with E-state index in [1.807, 2.05) is 30.3 Å². The minimum atomic E-state index is -1.33. The average molecular weight is 488 g/mol. The van der Waals surface area contributed by atoms with Gasteiger partial charge in [0.1, 0.15) is 23.6 Å². The monoisotopic (exact) mass is 487 g/mol. The Bertz CT molecular complexity index is 1290. The average Bonchev–Trinajstić information content (AvgIpc) is 3.03. The van der Waals surface area contributed by atoms with Crippen LogP contribution in [-0.2, 0) is 15.1 Å². The number of nitrogens with zero attached hydrogens (tertiary/aromatic N) is 1. The fourth-order valence-electron chi connectivity index (χ4n) is 4.09. The van der Waals surface area contributed by atoms with E-state index in [1.54, 1.807) is 49.4 Å². The Morgan fingerprint density at radius 2 is 1.67 bits per heavy atom. The number of amides is 4. The van der Waals surface area contributed by atoms with Gasteiger partial charge in [0.25, 0.3) is 5.91 Å². The summed E-state index contributed by atoms with van der Waals surface area (Å²) in [7, 11) is 0. The van der Waals surface area contributed by atoms with E-state index in [0.29, 0.717) is 47.5 Å². The Balaban J connectivity index is 1.24. The Morgan fingerprint density at radius 3 is 2.42 bits per heavy atom. The number of para-hydroxylation sites is 1. The predicted octanol–water partition coefficient (Wildman–Crippen LogP) is 4.05. The van der Waals surface area contributed by atoms with Gasteiger partial charge in [0.15, 0.2) is 11.5 Å². The highest BCUT2D eigenvalue weighted by Crippen LogP contribution is 2.36. The van der Waals surface area contributed by atoms with Crippen molar-refractivity contribution in [2.75, 3.05) is 25.1 Å². The van der Waals surface area contributed by atoms with E-state index in [4.69, 9.17) is 14.2 Å². The van der Waals surface area contributed by atoms with Gasteiger partial charge < -0.3 is 24.8 Å². The molecule has 0 radical (unpaired) electrons. The fourth-order valence-corrected chi connectivity index (χ4v) is 4.09. The van der Waals surface area contributed by atoms with E-state index in [1.165, 1.54) is 0 Å². The Kier molecular flexibility index (Phi) is 6.20. The summed E-state index contributed by atoms with van der Waals surface area (Å²) >= 11 is 0. The van der Waals surface area contributed by atoms with Crippen molar-refractivity contribution in [3.05, 3.63) is 78.4 Å². The third kappa shape index (κ3) is 4.68. The Morgan fingerprint density at radius 1 is 0.972 bits per heavy atom. The lowest BCUT2D eigenvalue weighted by Crippen LogP contribution is -2.42. The van der Waals surface area contributed by atoms with Crippen LogP contribution in [0.1, 0.15) is 18.9 Å². The summed E-state index contributed by atoms with van der Waals surface area (Å²) in [5.74, 6) is 1.39. The van der Waals surface area contributed by atoms with Crippen molar-refractivity contribution < 1.29 is 28.6 Å². The molecule has 3 aromatic rings. The molecule has 0 aromatic heterocycles. The number of hydrogen-bond donors (Lipinski definition) is 2. The molecule has 0 bridgehead atoms. The van der Waals surface area contributed by atoms with Crippen LogP contribution in [0, 0.1) is 0 Å². The maximum atomic E-state index is 13.3. The molecule has 184 valence electrons. The minimum Gasteiger partial charge on any atom is -0.490 e. The number of benzene rings is 3. The molecule has 1 fully saturated rings. The number of hydrogen-bond acceptors (Lipinski definition) is 6. The van der Waals surface area contributed by atoms with E-state index in [-0.39, 0.29) is 0 Å². The molecular formula is C27H25N3O6. The van der Waals surface area contributed by atoms with E-state index in [9.17, 15) is 14.4 Å². The van der Waals surface area contributed by atoms with Crippen molar-refractivity contribution in [2.24, 2.45) is 0 Å².